The fraction of sp³-hybridized carbons (Fsp3) is 0.591. The first-order valence-corrected chi connectivity index (χ1v) is 11.4. The van der Waals surface area contributed by atoms with Gasteiger partial charge in [0.05, 0.1) is 23.3 Å². The summed E-state index contributed by atoms with van der Waals surface area (Å²) in [5, 5.41) is 5.89. The van der Waals surface area contributed by atoms with Gasteiger partial charge in [-0.2, -0.15) is 15.1 Å². The van der Waals surface area contributed by atoms with E-state index in [1.165, 1.54) is 35.1 Å². The van der Waals surface area contributed by atoms with Gasteiger partial charge in [-0.15, -0.1) is 11.3 Å². The number of aromatic nitrogens is 4. The molecule has 154 valence electrons. The number of piperidine rings is 1. The van der Waals surface area contributed by atoms with Crippen LogP contribution in [-0.4, -0.2) is 37.9 Å². The monoisotopic (exact) mass is 411 g/mol. The van der Waals surface area contributed by atoms with Crippen molar-refractivity contribution in [1.82, 2.24) is 19.7 Å². The first kappa shape index (κ1) is 19.0. The molecule has 0 saturated carbocycles. The quantitative estimate of drug-likeness (QED) is 0.610. The zero-order chi connectivity index (χ0) is 20.3. The van der Waals surface area contributed by atoms with E-state index in [1.807, 2.05) is 11.6 Å². The molecule has 2 aliphatic heterocycles. The maximum atomic E-state index is 6.10. The SMILES string of the molecule is Cc1cc(C)n(-c2nc(N3CCCCC3C)c3c4c(sc3n2)COC(C)(C)C4)n1. The smallest absolute Gasteiger partial charge is 0.254 e. The van der Waals surface area contributed by atoms with Gasteiger partial charge < -0.3 is 9.64 Å². The molecule has 7 heteroatoms. The molecule has 3 aromatic rings. The van der Waals surface area contributed by atoms with Crippen LogP contribution >= 0.6 is 11.3 Å². The van der Waals surface area contributed by atoms with Gasteiger partial charge in [-0.05, 0) is 65.5 Å². The number of nitrogens with zero attached hydrogens (tertiary/aromatic N) is 5. The molecule has 1 fully saturated rings. The molecule has 0 radical (unpaired) electrons. The predicted molar refractivity (Wildman–Crippen MR) is 117 cm³/mol. The van der Waals surface area contributed by atoms with Crippen molar-refractivity contribution < 1.29 is 4.74 Å². The second-order valence-electron chi connectivity index (χ2n) is 9.13. The summed E-state index contributed by atoms with van der Waals surface area (Å²) < 4.78 is 7.98. The van der Waals surface area contributed by atoms with Gasteiger partial charge in [0.1, 0.15) is 10.6 Å². The molecule has 3 aromatic heterocycles. The second kappa shape index (κ2) is 6.77. The molecule has 1 atom stereocenters. The number of hydrogen-bond acceptors (Lipinski definition) is 6. The highest BCUT2D eigenvalue weighted by molar-refractivity contribution is 7.19. The molecule has 5 rings (SSSR count). The average molecular weight is 412 g/mol. The molecule has 29 heavy (non-hydrogen) atoms. The zero-order valence-corrected chi connectivity index (χ0v) is 18.8. The molecule has 0 spiro atoms. The van der Waals surface area contributed by atoms with Crippen LogP contribution < -0.4 is 4.90 Å². The Morgan fingerprint density at radius 3 is 2.76 bits per heavy atom. The van der Waals surface area contributed by atoms with E-state index in [-0.39, 0.29) is 5.60 Å². The summed E-state index contributed by atoms with van der Waals surface area (Å²) in [6.45, 7) is 12.5. The highest BCUT2D eigenvalue weighted by Gasteiger charge is 2.33. The van der Waals surface area contributed by atoms with E-state index in [0.717, 1.165) is 35.0 Å². The molecular weight excluding hydrogens is 382 g/mol. The normalized spacial score (nSPS) is 21.6. The molecule has 1 saturated heterocycles. The maximum Gasteiger partial charge on any atom is 0.254 e. The van der Waals surface area contributed by atoms with Crippen LogP contribution in [-0.2, 0) is 17.8 Å². The third-order valence-corrected chi connectivity index (χ3v) is 7.27. The van der Waals surface area contributed by atoms with Crippen molar-refractivity contribution in [2.24, 2.45) is 0 Å². The van der Waals surface area contributed by atoms with Crippen LogP contribution in [0, 0.1) is 13.8 Å². The van der Waals surface area contributed by atoms with E-state index in [4.69, 9.17) is 14.7 Å². The largest absolute Gasteiger partial charge is 0.370 e. The molecular formula is C22H29N5OS. The number of anilines is 1. The van der Waals surface area contributed by atoms with Crippen LogP contribution in [0.2, 0.25) is 0 Å². The van der Waals surface area contributed by atoms with Gasteiger partial charge in [0.25, 0.3) is 5.95 Å². The molecule has 0 aliphatic carbocycles. The first-order chi connectivity index (χ1) is 13.8. The lowest BCUT2D eigenvalue weighted by molar-refractivity contribution is -0.0379. The lowest BCUT2D eigenvalue weighted by Crippen LogP contribution is -2.38. The van der Waals surface area contributed by atoms with Gasteiger partial charge in [-0.1, -0.05) is 0 Å². The summed E-state index contributed by atoms with van der Waals surface area (Å²) >= 11 is 1.76. The third kappa shape index (κ3) is 3.24. The Morgan fingerprint density at radius 1 is 1.21 bits per heavy atom. The van der Waals surface area contributed by atoms with Crippen molar-refractivity contribution in [2.75, 3.05) is 11.4 Å². The second-order valence-corrected chi connectivity index (χ2v) is 10.2. The Labute approximate surface area is 175 Å². The standard InChI is InChI=1S/C22H29N5OS/c1-13-10-15(3)27(25-13)21-23-19(26-9-7-6-8-14(26)2)18-16-11-22(4,5)28-12-17(16)29-20(18)24-21/h10,14H,6-9,11-12H2,1-5H3. The van der Waals surface area contributed by atoms with E-state index in [2.05, 4.69) is 43.8 Å². The van der Waals surface area contributed by atoms with Gasteiger partial charge in [0, 0.05) is 29.6 Å². The summed E-state index contributed by atoms with van der Waals surface area (Å²) in [6, 6.07) is 2.56. The first-order valence-electron chi connectivity index (χ1n) is 10.6. The van der Waals surface area contributed by atoms with Crippen molar-refractivity contribution in [2.45, 2.75) is 78.6 Å². The van der Waals surface area contributed by atoms with E-state index in [1.54, 1.807) is 11.3 Å². The van der Waals surface area contributed by atoms with E-state index >= 15 is 0 Å². The Kier molecular flexibility index (Phi) is 4.44. The number of thiophene rings is 1. The number of fused-ring (bicyclic) bond motifs is 3. The minimum atomic E-state index is -0.153. The Balaban J connectivity index is 1.75. The van der Waals surface area contributed by atoms with Gasteiger partial charge in [0.15, 0.2) is 0 Å². The lowest BCUT2D eigenvalue weighted by Gasteiger charge is -2.35. The third-order valence-electron chi connectivity index (χ3n) is 6.17. The fourth-order valence-corrected chi connectivity index (χ4v) is 5.75. The molecule has 6 nitrogen and oxygen atoms in total. The predicted octanol–water partition coefficient (Wildman–Crippen LogP) is 4.72. The fourth-order valence-electron chi connectivity index (χ4n) is 4.66. The topological polar surface area (TPSA) is 56.1 Å². The van der Waals surface area contributed by atoms with Crippen LogP contribution in [0.4, 0.5) is 5.82 Å². The van der Waals surface area contributed by atoms with Crippen molar-refractivity contribution in [3.63, 3.8) is 0 Å². The molecule has 0 aromatic carbocycles. The van der Waals surface area contributed by atoms with Gasteiger partial charge in [0.2, 0.25) is 0 Å². The van der Waals surface area contributed by atoms with Gasteiger partial charge in [-0.3, -0.25) is 0 Å². The maximum absolute atomic E-state index is 6.10. The van der Waals surface area contributed by atoms with Crippen molar-refractivity contribution in [3.05, 3.63) is 27.9 Å². The van der Waals surface area contributed by atoms with Crippen molar-refractivity contribution in [3.8, 4) is 5.95 Å². The summed E-state index contributed by atoms with van der Waals surface area (Å²) in [7, 11) is 0. The molecule has 2 aliphatic rings. The Bertz CT molecular complexity index is 1080. The van der Waals surface area contributed by atoms with Gasteiger partial charge >= 0.3 is 0 Å². The summed E-state index contributed by atoms with van der Waals surface area (Å²) in [6.07, 6.45) is 4.62. The molecule has 5 heterocycles. The molecule has 1 unspecified atom stereocenters. The lowest BCUT2D eigenvalue weighted by atomic mass is 9.94. The van der Waals surface area contributed by atoms with Crippen LogP contribution in [0.5, 0.6) is 0 Å². The van der Waals surface area contributed by atoms with E-state index in [9.17, 15) is 0 Å². The average Bonchev–Trinajstić information content (AvgIpc) is 3.19. The van der Waals surface area contributed by atoms with E-state index < -0.39 is 0 Å². The van der Waals surface area contributed by atoms with Crippen molar-refractivity contribution in [1.29, 1.82) is 0 Å². The Morgan fingerprint density at radius 2 is 2.03 bits per heavy atom. The van der Waals surface area contributed by atoms with Crippen molar-refractivity contribution >= 4 is 27.4 Å². The van der Waals surface area contributed by atoms with E-state index in [0.29, 0.717) is 18.6 Å². The number of ether oxygens (including phenoxy) is 1. The number of aryl methyl sites for hydroxylation is 2. The highest BCUT2D eigenvalue weighted by Crippen LogP contribution is 2.43. The van der Waals surface area contributed by atoms with Crippen LogP contribution in [0.15, 0.2) is 6.07 Å². The number of rotatable bonds is 2. The molecule has 0 bridgehead atoms. The van der Waals surface area contributed by atoms with Crippen LogP contribution in [0.1, 0.15) is 61.9 Å². The number of hydrogen-bond donors (Lipinski definition) is 0. The highest BCUT2D eigenvalue weighted by atomic mass is 32.1. The minimum absolute atomic E-state index is 0.153. The molecule has 0 amide bonds. The van der Waals surface area contributed by atoms with Gasteiger partial charge in [-0.25, -0.2) is 4.68 Å². The summed E-state index contributed by atoms with van der Waals surface area (Å²) in [5.41, 5.74) is 3.28. The van der Waals surface area contributed by atoms with Crippen LogP contribution in [0.25, 0.3) is 16.2 Å². The summed E-state index contributed by atoms with van der Waals surface area (Å²) in [5.74, 6) is 1.76. The van der Waals surface area contributed by atoms with Crippen LogP contribution in [0.3, 0.4) is 0 Å². The minimum Gasteiger partial charge on any atom is -0.370 e. The molecule has 0 N–H and O–H groups in total. The summed E-state index contributed by atoms with van der Waals surface area (Å²) in [4.78, 5) is 15.0. The Hall–Kier alpha value is -1.99. The zero-order valence-electron chi connectivity index (χ0n) is 17.9.